The zero-order chi connectivity index (χ0) is 23.6. The van der Waals surface area contributed by atoms with Crippen LogP contribution >= 0.6 is 0 Å². The second-order valence-electron chi connectivity index (χ2n) is 7.95. The Morgan fingerprint density at radius 3 is 2.48 bits per heavy atom. The summed E-state index contributed by atoms with van der Waals surface area (Å²) >= 11 is 0. The highest BCUT2D eigenvalue weighted by Gasteiger charge is 2.31. The number of likely N-dealkylation sites (tertiary alicyclic amines) is 1. The average Bonchev–Trinajstić information content (AvgIpc) is 3.11. The number of carbonyl (C=O) groups excluding carboxylic acids is 1. The molecule has 0 saturated carbocycles. The third-order valence-corrected chi connectivity index (χ3v) is 5.68. The monoisotopic (exact) mass is 464 g/mol. The molecule has 0 aliphatic carbocycles. The first-order valence-electron chi connectivity index (χ1n) is 10.7. The van der Waals surface area contributed by atoms with E-state index >= 15 is 0 Å². The van der Waals surface area contributed by atoms with Crippen LogP contribution in [0, 0.1) is 5.82 Å². The van der Waals surface area contributed by atoms with E-state index in [0.717, 1.165) is 17.7 Å². The van der Waals surface area contributed by atoms with E-state index in [0.29, 0.717) is 50.5 Å². The number of nitrogens with zero attached hydrogens (tertiary/aromatic N) is 3. The van der Waals surface area contributed by atoms with Gasteiger partial charge in [-0.1, -0.05) is 12.1 Å². The molecule has 176 valence electrons. The quantitative estimate of drug-likeness (QED) is 0.523. The van der Waals surface area contributed by atoms with Gasteiger partial charge in [0.25, 0.3) is 0 Å². The van der Waals surface area contributed by atoms with Crippen LogP contribution < -0.4 is 5.32 Å². The van der Waals surface area contributed by atoms with Crippen molar-refractivity contribution in [3.05, 3.63) is 59.4 Å². The first-order valence-corrected chi connectivity index (χ1v) is 10.7. The molecule has 1 aromatic heterocycles. The lowest BCUT2D eigenvalue weighted by molar-refractivity contribution is -0.137. The van der Waals surface area contributed by atoms with Gasteiger partial charge in [-0.3, -0.25) is 0 Å². The summed E-state index contributed by atoms with van der Waals surface area (Å²) in [6.07, 6.45) is -3.53. The van der Waals surface area contributed by atoms with Crippen LogP contribution in [0.5, 0.6) is 0 Å². The van der Waals surface area contributed by atoms with E-state index in [1.807, 2.05) is 0 Å². The average molecular weight is 464 g/mol. The van der Waals surface area contributed by atoms with Crippen molar-refractivity contribution in [2.75, 3.05) is 25.0 Å². The Morgan fingerprint density at radius 1 is 1.15 bits per heavy atom. The summed E-state index contributed by atoms with van der Waals surface area (Å²) in [5.74, 6) is 0.0685. The van der Waals surface area contributed by atoms with Crippen LogP contribution in [0.15, 0.2) is 42.5 Å². The standard InChI is InChI=1S/C23H24F4N4O2/c1-2-33-22(32)30-11-9-18(10-12-30)28-21-29-19-13-16(23(25,26)27)5-8-20(19)31(21)14-15-3-6-17(24)7-4-15/h3-8,13,18H,2,9-12,14H2,1H3,(H,28,29). The molecule has 2 heterocycles. The van der Waals surface area contributed by atoms with Crippen molar-refractivity contribution in [3.8, 4) is 0 Å². The molecule has 1 aliphatic rings. The number of hydrogen-bond acceptors (Lipinski definition) is 4. The maximum Gasteiger partial charge on any atom is 0.416 e. The van der Waals surface area contributed by atoms with Gasteiger partial charge in [-0.2, -0.15) is 13.2 Å². The van der Waals surface area contributed by atoms with Crippen molar-refractivity contribution in [1.82, 2.24) is 14.5 Å². The molecule has 1 N–H and O–H groups in total. The molecule has 0 bridgehead atoms. The van der Waals surface area contributed by atoms with E-state index in [-0.39, 0.29) is 23.5 Å². The van der Waals surface area contributed by atoms with Gasteiger partial charge >= 0.3 is 12.3 Å². The molecular weight excluding hydrogens is 440 g/mol. The number of ether oxygens (including phenoxy) is 1. The van der Waals surface area contributed by atoms with Crippen molar-refractivity contribution in [3.63, 3.8) is 0 Å². The summed E-state index contributed by atoms with van der Waals surface area (Å²) in [5, 5.41) is 3.34. The number of rotatable bonds is 5. The lowest BCUT2D eigenvalue weighted by Crippen LogP contribution is -2.42. The minimum atomic E-state index is -4.47. The summed E-state index contributed by atoms with van der Waals surface area (Å²) in [4.78, 5) is 18.0. The van der Waals surface area contributed by atoms with Gasteiger partial charge in [-0.15, -0.1) is 0 Å². The summed E-state index contributed by atoms with van der Waals surface area (Å²) < 4.78 is 59.8. The minimum Gasteiger partial charge on any atom is -0.450 e. The van der Waals surface area contributed by atoms with Crippen molar-refractivity contribution < 1.29 is 27.1 Å². The Bertz CT molecular complexity index is 1120. The predicted molar refractivity (Wildman–Crippen MR) is 115 cm³/mol. The van der Waals surface area contributed by atoms with Crippen LogP contribution in [0.2, 0.25) is 0 Å². The third-order valence-electron chi connectivity index (χ3n) is 5.68. The zero-order valence-corrected chi connectivity index (χ0v) is 18.0. The van der Waals surface area contributed by atoms with Crippen LogP contribution in [-0.4, -0.2) is 46.3 Å². The Balaban J connectivity index is 1.60. The van der Waals surface area contributed by atoms with E-state index in [1.54, 1.807) is 28.5 Å². The molecule has 1 saturated heterocycles. The lowest BCUT2D eigenvalue weighted by atomic mass is 10.1. The topological polar surface area (TPSA) is 59.4 Å². The number of fused-ring (bicyclic) bond motifs is 1. The SMILES string of the molecule is CCOC(=O)N1CCC(Nc2nc3cc(C(F)(F)F)ccc3n2Cc2ccc(F)cc2)CC1. The summed E-state index contributed by atoms with van der Waals surface area (Å²) in [6.45, 7) is 3.39. The fourth-order valence-electron chi connectivity index (χ4n) is 3.95. The number of amides is 1. The van der Waals surface area contributed by atoms with Crippen LogP contribution in [0.25, 0.3) is 11.0 Å². The largest absolute Gasteiger partial charge is 0.450 e. The molecule has 1 fully saturated rings. The Hall–Kier alpha value is -3.30. The second-order valence-corrected chi connectivity index (χ2v) is 7.95. The van der Waals surface area contributed by atoms with E-state index < -0.39 is 11.7 Å². The van der Waals surface area contributed by atoms with Gasteiger partial charge in [0.2, 0.25) is 5.95 Å². The van der Waals surface area contributed by atoms with E-state index in [1.165, 1.54) is 18.2 Å². The smallest absolute Gasteiger partial charge is 0.416 e. The predicted octanol–water partition coefficient (Wildman–Crippen LogP) is 5.28. The van der Waals surface area contributed by atoms with E-state index in [2.05, 4.69) is 10.3 Å². The Kier molecular flexibility index (Phi) is 6.44. The number of piperidine rings is 1. The van der Waals surface area contributed by atoms with Crippen LogP contribution in [-0.2, 0) is 17.5 Å². The first-order chi connectivity index (χ1) is 15.7. The minimum absolute atomic E-state index is 0.0125. The van der Waals surface area contributed by atoms with Crippen LogP contribution in [0.4, 0.5) is 28.3 Å². The second kappa shape index (κ2) is 9.29. The number of anilines is 1. The molecule has 1 amide bonds. The summed E-state index contributed by atoms with van der Waals surface area (Å²) in [7, 11) is 0. The van der Waals surface area contributed by atoms with Gasteiger partial charge in [0.05, 0.1) is 29.7 Å². The number of nitrogens with one attached hydrogen (secondary N) is 1. The molecule has 0 radical (unpaired) electrons. The summed E-state index contributed by atoms with van der Waals surface area (Å²) in [5.41, 5.74) is 0.781. The molecule has 10 heteroatoms. The highest BCUT2D eigenvalue weighted by atomic mass is 19.4. The van der Waals surface area contributed by atoms with Gasteiger partial charge in [0.1, 0.15) is 5.82 Å². The van der Waals surface area contributed by atoms with E-state index in [9.17, 15) is 22.4 Å². The van der Waals surface area contributed by atoms with Crippen LogP contribution in [0.1, 0.15) is 30.9 Å². The van der Waals surface area contributed by atoms with Gasteiger partial charge < -0.3 is 19.5 Å². The Labute approximate surface area is 188 Å². The first kappa shape index (κ1) is 22.9. The maximum atomic E-state index is 13.3. The molecule has 0 atom stereocenters. The number of benzene rings is 2. The van der Waals surface area contributed by atoms with Gasteiger partial charge in [-0.25, -0.2) is 14.2 Å². The Morgan fingerprint density at radius 2 is 1.85 bits per heavy atom. The molecular formula is C23H24F4N4O2. The molecule has 33 heavy (non-hydrogen) atoms. The molecule has 3 aromatic rings. The van der Waals surface area contributed by atoms with Crippen molar-refractivity contribution in [2.45, 2.75) is 38.5 Å². The molecule has 4 rings (SSSR count). The number of carbonyl (C=O) groups is 1. The highest BCUT2D eigenvalue weighted by Crippen LogP contribution is 2.33. The fraction of sp³-hybridized carbons (Fsp3) is 0.391. The number of alkyl halides is 3. The van der Waals surface area contributed by atoms with Gasteiger partial charge in [-0.05, 0) is 55.7 Å². The van der Waals surface area contributed by atoms with Gasteiger partial charge in [0.15, 0.2) is 0 Å². The fourth-order valence-corrected chi connectivity index (χ4v) is 3.95. The zero-order valence-electron chi connectivity index (χ0n) is 18.0. The number of imidazole rings is 1. The molecule has 6 nitrogen and oxygen atoms in total. The van der Waals surface area contributed by atoms with Crippen molar-refractivity contribution in [1.29, 1.82) is 0 Å². The molecule has 0 unspecified atom stereocenters. The number of halogens is 4. The third kappa shape index (κ3) is 5.20. The summed E-state index contributed by atoms with van der Waals surface area (Å²) in [6, 6.07) is 9.41. The van der Waals surface area contributed by atoms with Crippen molar-refractivity contribution in [2.24, 2.45) is 0 Å². The van der Waals surface area contributed by atoms with Crippen molar-refractivity contribution >= 4 is 23.1 Å². The molecule has 1 aliphatic heterocycles. The normalized spacial score (nSPS) is 15.1. The van der Waals surface area contributed by atoms with E-state index in [4.69, 9.17) is 4.74 Å². The number of hydrogen-bond donors (Lipinski definition) is 1. The molecule has 2 aromatic carbocycles. The lowest BCUT2D eigenvalue weighted by Gasteiger charge is -2.32. The number of aromatic nitrogens is 2. The van der Waals surface area contributed by atoms with Gasteiger partial charge in [0, 0.05) is 19.1 Å². The highest BCUT2D eigenvalue weighted by molar-refractivity contribution is 5.80. The van der Waals surface area contributed by atoms with Crippen LogP contribution in [0.3, 0.4) is 0 Å². The maximum absolute atomic E-state index is 13.3. The molecule has 0 spiro atoms.